The highest BCUT2D eigenvalue weighted by Gasteiger charge is 2.75. The second kappa shape index (κ2) is 12.5. The molecular weight excluding hydrogens is 473 g/mol. The molecule has 0 bridgehead atoms. The zero-order valence-electron chi connectivity index (χ0n) is 15.0. The van der Waals surface area contributed by atoms with Crippen molar-refractivity contribution < 1.29 is 78.1 Å². The molecule has 0 spiro atoms. The van der Waals surface area contributed by atoms with Crippen molar-refractivity contribution in [2.45, 2.75) is 30.5 Å². The number of ether oxygens (including phenoxy) is 2. The number of rotatable bonds is 14. The van der Waals surface area contributed by atoms with Gasteiger partial charge in [0.1, 0.15) is 19.4 Å². The number of hydrogen-bond donors (Lipinski definition) is 2. The molecule has 0 aromatic rings. The Morgan fingerprint density at radius 2 is 1.42 bits per heavy atom. The Morgan fingerprint density at radius 1 is 0.839 bits per heavy atom. The van der Waals surface area contributed by atoms with E-state index >= 15 is 0 Å². The van der Waals surface area contributed by atoms with Crippen molar-refractivity contribution in [2.24, 2.45) is 0 Å². The molecule has 0 amide bonds. The topological polar surface area (TPSA) is 77.4 Å². The van der Waals surface area contributed by atoms with Crippen LogP contribution >= 0.6 is 0 Å². The van der Waals surface area contributed by atoms with Crippen LogP contribution in [0.4, 0.5) is 48.3 Å². The van der Waals surface area contributed by atoms with Crippen LogP contribution in [0.2, 0.25) is 0 Å². The summed E-state index contributed by atoms with van der Waals surface area (Å²) < 4.78 is 152. The van der Waals surface area contributed by atoms with Crippen LogP contribution in [0.1, 0.15) is 6.42 Å². The Morgan fingerprint density at radius 3 is 1.87 bits per heavy atom. The van der Waals surface area contributed by atoms with Crippen LogP contribution < -0.4 is 0 Å². The van der Waals surface area contributed by atoms with Crippen LogP contribution in [0.5, 0.6) is 0 Å². The van der Waals surface area contributed by atoms with Crippen molar-refractivity contribution in [2.75, 3.05) is 33.1 Å². The fraction of sp³-hybridized carbons (Fsp3) is 0.714. The maximum absolute atomic E-state index is 14.3. The summed E-state index contributed by atoms with van der Waals surface area (Å²) >= 11 is 0. The van der Waals surface area contributed by atoms with Crippen LogP contribution in [0.15, 0.2) is 23.3 Å². The fourth-order valence-electron chi connectivity index (χ4n) is 1.67. The first-order valence-corrected chi connectivity index (χ1v) is 7.79. The van der Waals surface area contributed by atoms with Gasteiger partial charge in [-0.15, -0.1) is 0 Å². The van der Waals surface area contributed by atoms with Gasteiger partial charge >= 0.3 is 18.0 Å². The van der Waals surface area contributed by atoms with Gasteiger partial charge in [0.2, 0.25) is 5.83 Å². The van der Waals surface area contributed by atoms with Crippen molar-refractivity contribution in [1.82, 2.24) is 0 Å². The van der Waals surface area contributed by atoms with Gasteiger partial charge in [0.05, 0.1) is 13.2 Å². The summed E-state index contributed by atoms with van der Waals surface area (Å²) in [5.41, 5.74) is 0. The number of allylic oxidation sites excluding steroid dienone is 3. The normalized spacial score (nSPS) is 17.7. The summed E-state index contributed by atoms with van der Waals surface area (Å²) in [4.78, 5) is 7.31. The maximum Gasteiger partial charge on any atom is 0.460 e. The molecule has 17 heteroatoms. The summed E-state index contributed by atoms with van der Waals surface area (Å²) in [6, 6.07) is 0. The van der Waals surface area contributed by atoms with E-state index in [1.54, 1.807) is 0 Å². The summed E-state index contributed by atoms with van der Waals surface area (Å²) in [5, 5.41) is 16.5. The average molecular weight is 488 g/mol. The van der Waals surface area contributed by atoms with Gasteiger partial charge in [-0.25, -0.2) is 31.7 Å². The number of hydrogen-bond acceptors (Lipinski definition) is 6. The molecule has 0 aliphatic heterocycles. The zero-order valence-corrected chi connectivity index (χ0v) is 15.0. The lowest BCUT2D eigenvalue weighted by molar-refractivity contribution is -0.375. The fourth-order valence-corrected chi connectivity index (χ4v) is 1.67. The Balaban J connectivity index is 5.53. The Bertz CT molecular complexity index is 624. The second-order valence-electron chi connectivity index (χ2n) is 5.45. The van der Waals surface area contributed by atoms with E-state index in [1.165, 1.54) is 0 Å². The van der Waals surface area contributed by atoms with Crippen molar-refractivity contribution in [3.05, 3.63) is 23.3 Å². The molecule has 184 valence electrons. The Labute approximate surface area is 166 Å². The molecule has 0 heterocycles. The molecule has 0 rings (SSSR count). The molecule has 0 aromatic carbocycles. The minimum absolute atomic E-state index is 0.558. The third kappa shape index (κ3) is 7.53. The van der Waals surface area contributed by atoms with Crippen molar-refractivity contribution in [1.29, 1.82) is 0 Å². The zero-order chi connectivity index (χ0) is 24.5. The van der Waals surface area contributed by atoms with Crippen molar-refractivity contribution in [3.8, 4) is 0 Å². The molecule has 0 saturated heterocycles. The third-order valence-electron chi connectivity index (χ3n) is 3.23. The standard InChI is InChI=1S/C14H15F11O6/c15-4-8(16)9(17)10(18)11(19)12(20,13(21,22)14(23,24)25)29-3-1-2-28-5-7(31-27)6-30-26/h7,26-27H,1-6H2/b9-8+,11-10+. The molecular formula is C14H15F11O6. The van der Waals surface area contributed by atoms with Crippen LogP contribution in [-0.4, -0.2) is 67.7 Å². The first-order chi connectivity index (χ1) is 14.2. The van der Waals surface area contributed by atoms with Gasteiger partial charge in [-0.3, -0.25) is 10.5 Å². The van der Waals surface area contributed by atoms with Gasteiger partial charge in [-0.1, -0.05) is 0 Å². The quantitative estimate of drug-likeness (QED) is 0.119. The first-order valence-electron chi connectivity index (χ1n) is 7.79. The largest absolute Gasteiger partial charge is 0.460 e. The van der Waals surface area contributed by atoms with Gasteiger partial charge in [-0.2, -0.15) is 26.3 Å². The molecule has 0 aromatic heterocycles. The number of halogens is 11. The van der Waals surface area contributed by atoms with Gasteiger partial charge in [0.15, 0.2) is 17.5 Å². The summed E-state index contributed by atoms with van der Waals surface area (Å²) in [7, 11) is 0. The molecule has 6 nitrogen and oxygen atoms in total. The predicted molar refractivity (Wildman–Crippen MR) is 76.8 cm³/mol. The van der Waals surface area contributed by atoms with Crippen LogP contribution in [0, 0.1) is 0 Å². The summed E-state index contributed by atoms with van der Waals surface area (Å²) in [6.45, 7) is -5.78. The monoisotopic (exact) mass is 488 g/mol. The van der Waals surface area contributed by atoms with Crippen LogP contribution in [-0.2, 0) is 19.2 Å². The molecule has 0 radical (unpaired) electrons. The van der Waals surface area contributed by atoms with Crippen molar-refractivity contribution in [3.63, 3.8) is 0 Å². The summed E-state index contributed by atoms with van der Waals surface area (Å²) in [5.74, 6) is -26.1. The van der Waals surface area contributed by atoms with E-state index in [1.807, 2.05) is 0 Å². The highest BCUT2D eigenvalue weighted by molar-refractivity contribution is 5.30. The molecule has 2 unspecified atom stereocenters. The van der Waals surface area contributed by atoms with Gasteiger partial charge in [0.25, 0.3) is 0 Å². The van der Waals surface area contributed by atoms with Crippen LogP contribution in [0.25, 0.3) is 0 Å². The maximum atomic E-state index is 14.3. The minimum Gasteiger partial charge on any atom is -0.378 e. The SMILES string of the molecule is OOCC(COCCCOC(F)(/C(F)=C(F)/C(F)=C(\F)CF)C(F)(F)C(F)(F)F)OO. The average Bonchev–Trinajstić information content (AvgIpc) is 2.71. The Kier molecular flexibility index (Phi) is 11.9. The van der Waals surface area contributed by atoms with Gasteiger partial charge in [-0.05, 0) is 6.42 Å². The van der Waals surface area contributed by atoms with Gasteiger partial charge < -0.3 is 9.47 Å². The highest BCUT2D eigenvalue weighted by atomic mass is 19.4. The van der Waals surface area contributed by atoms with E-state index < -0.39 is 86.9 Å². The molecule has 0 aliphatic carbocycles. The van der Waals surface area contributed by atoms with Crippen molar-refractivity contribution >= 4 is 0 Å². The highest BCUT2D eigenvalue weighted by Crippen LogP contribution is 2.51. The molecule has 2 N–H and O–H groups in total. The molecule has 2 atom stereocenters. The lowest BCUT2D eigenvalue weighted by Crippen LogP contribution is -2.56. The number of alkyl halides is 7. The molecule has 31 heavy (non-hydrogen) atoms. The Hall–Kier alpha value is -1.53. The van der Waals surface area contributed by atoms with E-state index in [9.17, 15) is 48.3 Å². The van der Waals surface area contributed by atoms with E-state index in [2.05, 4.69) is 19.2 Å². The third-order valence-corrected chi connectivity index (χ3v) is 3.23. The van der Waals surface area contributed by atoms with E-state index in [0.717, 1.165) is 0 Å². The van der Waals surface area contributed by atoms with E-state index in [0.29, 0.717) is 0 Å². The lowest BCUT2D eigenvalue weighted by atomic mass is 10.1. The van der Waals surface area contributed by atoms with Crippen LogP contribution in [0.3, 0.4) is 0 Å². The van der Waals surface area contributed by atoms with E-state index in [4.69, 9.17) is 10.5 Å². The summed E-state index contributed by atoms with van der Waals surface area (Å²) in [6.07, 6.45) is -8.93. The lowest BCUT2D eigenvalue weighted by Gasteiger charge is -2.33. The predicted octanol–water partition coefficient (Wildman–Crippen LogP) is 4.89. The molecule has 0 aliphatic rings. The minimum atomic E-state index is -6.88. The smallest absolute Gasteiger partial charge is 0.378 e. The molecule has 0 fully saturated rings. The first kappa shape index (κ1) is 29.5. The van der Waals surface area contributed by atoms with E-state index in [-0.39, 0.29) is 0 Å². The second-order valence-corrected chi connectivity index (χ2v) is 5.45. The van der Waals surface area contributed by atoms with Gasteiger partial charge in [0, 0.05) is 6.61 Å². The molecule has 0 saturated carbocycles.